The van der Waals surface area contributed by atoms with Gasteiger partial charge in [-0.25, -0.2) is 0 Å². The topological polar surface area (TPSA) is 57.6 Å². The normalized spacial score (nSPS) is 23.5. The number of rotatable bonds is 3. The number of amides is 2. The minimum Gasteiger partial charge on any atom is -0.392 e. The average Bonchev–Trinajstić information content (AvgIpc) is 2.61. The highest BCUT2D eigenvalue weighted by molar-refractivity contribution is 6.22. The number of hydrogen-bond donors (Lipinski definition) is 1. The third-order valence-electron chi connectivity index (χ3n) is 4.11. The summed E-state index contributed by atoms with van der Waals surface area (Å²) in [5, 5.41) is 9.01. The maximum Gasteiger partial charge on any atom is 0.240 e. The van der Waals surface area contributed by atoms with Crippen LogP contribution in [-0.2, 0) is 16.2 Å². The van der Waals surface area contributed by atoms with Crippen LogP contribution in [0.2, 0.25) is 0 Å². The van der Waals surface area contributed by atoms with Gasteiger partial charge >= 0.3 is 0 Å². The Balaban J connectivity index is 2.35. The average molecular weight is 261 g/mol. The van der Waals surface area contributed by atoms with Gasteiger partial charge in [0, 0.05) is 6.42 Å². The number of aliphatic hydroxyl groups excluding tert-OH is 1. The minimum atomic E-state index is -0.618. The quantitative estimate of drug-likeness (QED) is 0.848. The van der Waals surface area contributed by atoms with Crippen LogP contribution in [0.15, 0.2) is 24.3 Å². The number of imide groups is 1. The minimum absolute atomic E-state index is 0.0497. The van der Waals surface area contributed by atoms with Crippen LogP contribution in [-0.4, -0.2) is 16.9 Å². The van der Waals surface area contributed by atoms with E-state index < -0.39 is 5.41 Å². The third kappa shape index (κ3) is 2.16. The summed E-state index contributed by atoms with van der Waals surface area (Å²) in [4.78, 5) is 25.9. The van der Waals surface area contributed by atoms with Crippen molar-refractivity contribution in [3.05, 3.63) is 29.8 Å². The van der Waals surface area contributed by atoms with E-state index in [4.69, 9.17) is 5.11 Å². The monoisotopic (exact) mass is 261 g/mol. The van der Waals surface area contributed by atoms with E-state index >= 15 is 0 Å². The second-order valence-corrected chi connectivity index (χ2v) is 5.61. The molecule has 0 aliphatic carbocycles. The van der Waals surface area contributed by atoms with E-state index in [1.165, 1.54) is 4.90 Å². The first kappa shape index (κ1) is 13.7. The Morgan fingerprint density at radius 1 is 1.26 bits per heavy atom. The fourth-order valence-electron chi connectivity index (χ4n) is 2.30. The summed E-state index contributed by atoms with van der Waals surface area (Å²) in [5.74, 6) is -0.173. The fraction of sp³-hybridized carbons (Fsp3) is 0.467. The lowest BCUT2D eigenvalue weighted by atomic mass is 9.78. The molecular weight excluding hydrogens is 242 g/mol. The van der Waals surface area contributed by atoms with Gasteiger partial charge in [-0.3, -0.25) is 14.5 Å². The van der Waals surface area contributed by atoms with Crippen molar-refractivity contribution in [3.63, 3.8) is 0 Å². The van der Waals surface area contributed by atoms with Crippen molar-refractivity contribution < 1.29 is 14.7 Å². The zero-order chi connectivity index (χ0) is 14.2. The van der Waals surface area contributed by atoms with Crippen molar-refractivity contribution in [2.75, 3.05) is 4.90 Å². The molecule has 4 heteroatoms. The van der Waals surface area contributed by atoms with E-state index in [1.54, 1.807) is 24.3 Å². The second-order valence-electron chi connectivity index (χ2n) is 5.61. The Morgan fingerprint density at radius 3 is 2.26 bits per heavy atom. The molecule has 0 saturated carbocycles. The lowest BCUT2D eigenvalue weighted by Gasteiger charge is -2.26. The molecular formula is C15H19NO3. The summed E-state index contributed by atoms with van der Waals surface area (Å²) in [6.07, 6.45) is 0.255. The first-order valence-electron chi connectivity index (χ1n) is 6.47. The summed E-state index contributed by atoms with van der Waals surface area (Å²) < 4.78 is 0. The van der Waals surface area contributed by atoms with E-state index in [0.717, 1.165) is 5.56 Å². The molecule has 0 bridgehead atoms. The van der Waals surface area contributed by atoms with Gasteiger partial charge in [0.15, 0.2) is 0 Å². The molecule has 0 aromatic heterocycles. The van der Waals surface area contributed by atoms with Crippen LogP contribution < -0.4 is 4.90 Å². The molecule has 1 atom stereocenters. The maximum absolute atomic E-state index is 12.5. The van der Waals surface area contributed by atoms with Crippen molar-refractivity contribution in [1.29, 1.82) is 0 Å². The van der Waals surface area contributed by atoms with Crippen LogP contribution in [0.3, 0.4) is 0 Å². The van der Waals surface area contributed by atoms with Crippen LogP contribution in [0.1, 0.15) is 32.8 Å². The van der Waals surface area contributed by atoms with Crippen molar-refractivity contribution >= 4 is 17.5 Å². The number of anilines is 1. The molecule has 2 rings (SSSR count). The van der Waals surface area contributed by atoms with E-state index in [9.17, 15) is 9.59 Å². The van der Waals surface area contributed by atoms with Gasteiger partial charge < -0.3 is 5.11 Å². The first-order chi connectivity index (χ1) is 8.90. The molecule has 1 aromatic rings. The highest BCUT2D eigenvalue weighted by Crippen LogP contribution is 2.41. The summed E-state index contributed by atoms with van der Waals surface area (Å²) in [7, 11) is 0. The van der Waals surface area contributed by atoms with E-state index in [1.807, 2.05) is 20.8 Å². The third-order valence-corrected chi connectivity index (χ3v) is 4.11. The van der Waals surface area contributed by atoms with Gasteiger partial charge in [0.2, 0.25) is 11.8 Å². The summed E-state index contributed by atoms with van der Waals surface area (Å²) in [6.45, 7) is 5.72. The zero-order valence-corrected chi connectivity index (χ0v) is 11.5. The molecule has 1 aromatic carbocycles. The second kappa shape index (κ2) is 4.78. The zero-order valence-electron chi connectivity index (χ0n) is 11.5. The first-order valence-corrected chi connectivity index (χ1v) is 6.47. The Morgan fingerprint density at radius 2 is 1.84 bits per heavy atom. The maximum atomic E-state index is 12.5. The number of aliphatic hydroxyl groups is 1. The molecule has 1 heterocycles. The fourth-order valence-corrected chi connectivity index (χ4v) is 2.30. The SMILES string of the molecule is CC(C)C1(C)CC(=O)N(c2ccc(CO)cc2)C1=O. The van der Waals surface area contributed by atoms with Gasteiger partial charge in [-0.05, 0) is 30.5 Å². The molecule has 4 nitrogen and oxygen atoms in total. The van der Waals surface area contributed by atoms with Crippen LogP contribution >= 0.6 is 0 Å². The Kier molecular flexibility index (Phi) is 3.45. The lowest BCUT2D eigenvalue weighted by Crippen LogP contribution is -2.36. The molecule has 2 amide bonds. The van der Waals surface area contributed by atoms with Gasteiger partial charge in [0.1, 0.15) is 0 Å². The number of hydrogen-bond acceptors (Lipinski definition) is 3. The Hall–Kier alpha value is -1.68. The lowest BCUT2D eigenvalue weighted by molar-refractivity contribution is -0.126. The Labute approximate surface area is 113 Å². The summed E-state index contributed by atoms with van der Waals surface area (Å²) in [5.41, 5.74) is 0.721. The highest BCUT2D eigenvalue weighted by Gasteiger charge is 2.50. The smallest absolute Gasteiger partial charge is 0.240 e. The summed E-state index contributed by atoms with van der Waals surface area (Å²) in [6, 6.07) is 6.85. The highest BCUT2D eigenvalue weighted by atomic mass is 16.3. The largest absolute Gasteiger partial charge is 0.392 e. The predicted octanol–water partition coefficient (Wildman–Crippen LogP) is 2.10. The molecule has 1 N–H and O–H groups in total. The number of carbonyl (C=O) groups excluding carboxylic acids is 2. The van der Waals surface area contributed by atoms with E-state index in [2.05, 4.69) is 0 Å². The van der Waals surface area contributed by atoms with Gasteiger partial charge in [0.25, 0.3) is 0 Å². The molecule has 1 aliphatic rings. The van der Waals surface area contributed by atoms with Crippen LogP contribution in [0.5, 0.6) is 0 Å². The van der Waals surface area contributed by atoms with Crippen LogP contribution in [0.25, 0.3) is 0 Å². The number of carbonyl (C=O) groups is 2. The van der Waals surface area contributed by atoms with Gasteiger partial charge in [-0.1, -0.05) is 26.0 Å². The van der Waals surface area contributed by atoms with E-state index in [-0.39, 0.29) is 30.8 Å². The molecule has 1 unspecified atom stereocenters. The molecule has 0 radical (unpaired) electrons. The summed E-state index contributed by atoms with van der Waals surface area (Å²) >= 11 is 0. The standard InChI is InChI=1S/C15H19NO3/c1-10(2)15(3)8-13(18)16(14(15)19)12-6-4-11(9-17)5-7-12/h4-7,10,17H,8-9H2,1-3H3. The molecule has 1 aliphatic heterocycles. The van der Waals surface area contributed by atoms with Crippen molar-refractivity contribution in [3.8, 4) is 0 Å². The molecule has 19 heavy (non-hydrogen) atoms. The molecule has 102 valence electrons. The Bertz CT molecular complexity index is 507. The van der Waals surface area contributed by atoms with Gasteiger partial charge in [0.05, 0.1) is 17.7 Å². The van der Waals surface area contributed by atoms with Crippen molar-refractivity contribution in [1.82, 2.24) is 0 Å². The molecule has 1 fully saturated rings. The molecule has 1 saturated heterocycles. The van der Waals surface area contributed by atoms with Crippen molar-refractivity contribution in [2.45, 2.75) is 33.8 Å². The van der Waals surface area contributed by atoms with Crippen molar-refractivity contribution in [2.24, 2.45) is 11.3 Å². The molecule has 0 spiro atoms. The van der Waals surface area contributed by atoms with Crippen LogP contribution in [0.4, 0.5) is 5.69 Å². The number of benzene rings is 1. The van der Waals surface area contributed by atoms with Gasteiger partial charge in [-0.2, -0.15) is 0 Å². The number of nitrogens with zero attached hydrogens (tertiary/aromatic N) is 1. The van der Waals surface area contributed by atoms with Gasteiger partial charge in [-0.15, -0.1) is 0 Å². The predicted molar refractivity (Wildman–Crippen MR) is 72.4 cm³/mol. The van der Waals surface area contributed by atoms with Crippen LogP contribution in [0, 0.1) is 11.3 Å². The van der Waals surface area contributed by atoms with E-state index in [0.29, 0.717) is 5.69 Å².